The molecular formula is C34H60N2O25. The molecule has 0 aromatic heterocycles. The van der Waals surface area contributed by atoms with Crippen LogP contribution in [0.2, 0.25) is 0 Å². The van der Waals surface area contributed by atoms with Crippen LogP contribution in [-0.2, 0) is 47.5 Å². The van der Waals surface area contributed by atoms with Crippen LogP contribution < -0.4 is 10.6 Å². The van der Waals surface area contributed by atoms with Crippen LogP contribution in [0.25, 0.3) is 0 Å². The van der Waals surface area contributed by atoms with E-state index in [1.54, 1.807) is 0 Å². The van der Waals surface area contributed by atoms with Gasteiger partial charge in [-0.05, 0) is 6.92 Å². The maximum atomic E-state index is 12.5. The van der Waals surface area contributed by atoms with E-state index in [-0.39, 0.29) is 0 Å². The summed E-state index contributed by atoms with van der Waals surface area (Å²) in [6, 6.07) is -3.26. The van der Waals surface area contributed by atoms with Gasteiger partial charge in [0.25, 0.3) is 0 Å². The highest BCUT2D eigenvalue weighted by Gasteiger charge is 2.56. The van der Waals surface area contributed by atoms with Crippen LogP contribution in [0.5, 0.6) is 0 Å². The van der Waals surface area contributed by atoms with E-state index in [0.29, 0.717) is 0 Å². The van der Waals surface area contributed by atoms with Crippen molar-refractivity contribution in [3.05, 3.63) is 0 Å². The largest absolute Gasteiger partial charge is 0.394 e. The van der Waals surface area contributed by atoms with E-state index in [0.717, 1.165) is 13.8 Å². The summed E-state index contributed by atoms with van der Waals surface area (Å²) in [7, 11) is 0. The molecule has 4 heterocycles. The lowest BCUT2D eigenvalue weighted by Gasteiger charge is -2.50. The Labute approximate surface area is 347 Å². The predicted octanol–water partition coefficient (Wildman–Crippen LogP) is -11.0. The van der Waals surface area contributed by atoms with Gasteiger partial charge >= 0.3 is 0 Å². The van der Waals surface area contributed by atoms with Gasteiger partial charge in [-0.25, -0.2) is 0 Å². The average molecular weight is 897 g/mol. The van der Waals surface area contributed by atoms with Crippen molar-refractivity contribution in [1.29, 1.82) is 0 Å². The summed E-state index contributed by atoms with van der Waals surface area (Å²) in [5, 5.41) is 163. The molecule has 17 N–H and O–H groups in total. The van der Waals surface area contributed by atoms with Crippen LogP contribution in [0.4, 0.5) is 0 Å². The number of hydrogen-bond donors (Lipinski definition) is 17. The topological polar surface area (TPSA) is 435 Å². The van der Waals surface area contributed by atoms with Crippen LogP contribution in [0.15, 0.2) is 0 Å². The molecule has 356 valence electrons. The molecule has 0 saturated carbocycles. The zero-order valence-electron chi connectivity index (χ0n) is 33.2. The van der Waals surface area contributed by atoms with Gasteiger partial charge in [0.05, 0.1) is 45.2 Å². The van der Waals surface area contributed by atoms with Gasteiger partial charge in [0, 0.05) is 13.8 Å². The molecule has 0 aromatic carbocycles. The summed E-state index contributed by atoms with van der Waals surface area (Å²) >= 11 is 0. The van der Waals surface area contributed by atoms with Crippen LogP contribution in [-0.4, -0.2) is 269 Å². The lowest BCUT2D eigenvalue weighted by atomic mass is 9.94. The van der Waals surface area contributed by atoms with Gasteiger partial charge in [-0.3, -0.25) is 9.59 Å². The lowest BCUT2D eigenvalue weighted by molar-refractivity contribution is -0.389. The van der Waals surface area contributed by atoms with Crippen molar-refractivity contribution in [2.45, 2.75) is 168 Å². The first-order valence-corrected chi connectivity index (χ1v) is 19.4. The van der Waals surface area contributed by atoms with Crippen molar-refractivity contribution < 1.29 is 124 Å². The van der Waals surface area contributed by atoms with E-state index in [9.17, 15) is 86.2 Å². The van der Waals surface area contributed by atoms with Gasteiger partial charge in [0.1, 0.15) is 110 Å². The second kappa shape index (κ2) is 22.8. The highest BCUT2D eigenvalue weighted by Crippen LogP contribution is 2.35. The third kappa shape index (κ3) is 11.8. The molecule has 61 heavy (non-hydrogen) atoms. The Hall–Kier alpha value is -1.98. The van der Waals surface area contributed by atoms with Crippen molar-refractivity contribution in [1.82, 2.24) is 10.6 Å². The first-order valence-electron chi connectivity index (χ1n) is 19.4. The molecule has 2 amide bonds. The third-order valence-corrected chi connectivity index (χ3v) is 10.7. The van der Waals surface area contributed by atoms with E-state index in [2.05, 4.69) is 10.6 Å². The number of carbonyl (C=O) groups is 2. The fraction of sp³-hybridized carbons (Fsp3) is 0.941. The Kier molecular flexibility index (Phi) is 19.3. The van der Waals surface area contributed by atoms with Crippen LogP contribution in [0.3, 0.4) is 0 Å². The number of amides is 2. The van der Waals surface area contributed by atoms with Crippen molar-refractivity contribution >= 4 is 11.8 Å². The van der Waals surface area contributed by atoms with Crippen molar-refractivity contribution in [2.75, 3.05) is 33.0 Å². The molecule has 0 bridgehead atoms. The number of ether oxygens (including phenoxy) is 8. The number of rotatable bonds is 18. The fourth-order valence-corrected chi connectivity index (χ4v) is 7.35. The minimum absolute atomic E-state index is 0.738. The Morgan fingerprint density at radius 1 is 0.557 bits per heavy atom. The first kappa shape index (κ1) is 51.7. The van der Waals surface area contributed by atoms with Gasteiger partial charge in [-0.15, -0.1) is 0 Å². The second-order valence-electron chi connectivity index (χ2n) is 15.2. The third-order valence-electron chi connectivity index (χ3n) is 10.7. The average Bonchev–Trinajstić information content (AvgIpc) is 3.22. The van der Waals surface area contributed by atoms with E-state index in [1.165, 1.54) is 6.92 Å². The standard InChI is InChI=1S/C34H60N2O25/c1-9-18(45)23(50)25(52)32(54-9)61-30-24(51)20(47)14(6-39)56-34(30)59-28-16(8-41)57-31(17(22(28)49)36-11(3)43)60-29-21(48)15(7-40)55-33(26(29)53)58-27(19(46)13(44)5-38)12(4-37)35-10(2)42/h9,12-34,37-41,44-53H,4-8H2,1-3H3,(H,35,42)(H,36,43)/t9-,12-,13+,14+,15+,16+,17+,18+,19-,20-,21-,22+,23+,24-,25-,26+,27+,28+,29-,30+,31-,32-,33-,34-/m0/s1. The summed E-state index contributed by atoms with van der Waals surface area (Å²) in [5.74, 6) is -1.57. The molecule has 4 aliphatic rings. The lowest BCUT2D eigenvalue weighted by Crippen LogP contribution is -2.70. The Morgan fingerprint density at radius 3 is 1.67 bits per heavy atom. The highest BCUT2D eigenvalue weighted by molar-refractivity contribution is 5.73. The summed E-state index contributed by atoms with van der Waals surface area (Å²) in [5.41, 5.74) is 0. The van der Waals surface area contributed by atoms with Crippen molar-refractivity contribution in [3.63, 3.8) is 0 Å². The summed E-state index contributed by atoms with van der Waals surface area (Å²) in [6.45, 7) is -1.46. The molecule has 24 atom stereocenters. The van der Waals surface area contributed by atoms with Gasteiger partial charge in [0.15, 0.2) is 25.2 Å². The molecule has 4 aliphatic heterocycles. The zero-order chi connectivity index (χ0) is 45.6. The maximum Gasteiger partial charge on any atom is 0.217 e. The molecule has 27 heteroatoms. The molecule has 0 spiro atoms. The van der Waals surface area contributed by atoms with Crippen molar-refractivity contribution in [3.8, 4) is 0 Å². The van der Waals surface area contributed by atoms with Gasteiger partial charge in [-0.2, -0.15) is 0 Å². The van der Waals surface area contributed by atoms with E-state index < -0.39 is 192 Å². The van der Waals surface area contributed by atoms with Crippen LogP contribution >= 0.6 is 0 Å². The monoisotopic (exact) mass is 896 g/mol. The fourth-order valence-electron chi connectivity index (χ4n) is 7.35. The van der Waals surface area contributed by atoms with Crippen LogP contribution in [0.1, 0.15) is 20.8 Å². The maximum absolute atomic E-state index is 12.5. The minimum Gasteiger partial charge on any atom is -0.394 e. The van der Waals surface area contributed by atoms with Gasteiger partial charge in [-0.1, -0.05) is 0 Å². The summed E-state index contributed by atoms with van der Waals surface area (Å²) in [6.07, 6.45) is -40.5. The SMILES string of the molecule is CC(=O)N[C@H]1[C@H](O[C@H]2[C@@H](O)[C@@H](CO)O[C@@H](O[C@@H]([C@@H](O)[C@H](O)CO)[C@H](CO)NC(C)=O)[C@@H]2O)O[C@H](CO)[C@@H](O[C@@H]2O[C@H](CO)[C@H](O)[C@H](O)[C@H]2O[C@@H]2O[C@@H](C)[C@@H](O)[C@@H](O)[C@@H]2O)[C@@H]1O. The molecular weight excluding hydrogens is 836 g/mol. The number of nitrogens with one attached hydrogen (secondary N) is 2. The van der Waals surface area contributed by atoms with E-state index >= 15 is 0 Å². The molecule has 0 unspecified atom stereocenters. The smallest absolute Gasteiger partial charge is 0.217 e. The normalized spacial score (nSPS) is 44.1. The number of aliphatic hydroxyl groups excluding tert-OH is 15. The van der Waals surface area contributed by atoms with E-state index in [4.69, 9.17) is 37.9 Å². The molecule has 4 saturated heterocycles. The highest BCUT2D eigenvalue weighted by atomic mass is 16.8. The molecule has 4 rings (SSSR count). The number of aliphatic hydroxyl groups is 15. The van der Waals surface area contributed by atoms with Crippen molar-refractivity contribution in [2.24, 2.45) is 0 Å². The minimum atomic E-state index is -2.16. The Balaban J connectivity index is 1.63. The number of hydrogen-bond acceptors (Lipinski definition) is 25. The predicted molar refractivity (Wildman–Crippen MR) is 191 cm³/mol. The Bertz CT molecular complexity index is 1380. The van der Waals surface area contributed by atoms with E-state index in [1.807, 2.05) is 0 Å². The Morgan fingerprint density at radius 2 is 1.11 bits per heavy atom. The molecule has 0 aliphatic carbocycles. The quantitative estimate of drug-likeness (QED) is 0.0607. The summed E-state index contributed by atoms with van der Waals surface area (Å²) < 4.78 is 45.7. The first-order chi connectivity index (χ1) is 28.7. The zero-order valence-corrected chi connectivity index (χ0v) is 33.2. The second-order valence-corrected chi connectivity index (χ2v) is 15.2. The summed E-state index contributed by atoms with van der Waals surface area (Å²) in [4.78, 5) is 24.3. The number of carbonyl (C=O) groups excluding carboxylic acids is 2. The molecule has 4 fully saturated rings. The molecule has 0 radical (unpaired) electrons. The molecule has 27 nitrogen and oxygen atoms in total. The van der Waals surface area contributed by atoms with Gasteiger partial charge in [0.2, 0.25) is 11.8 Å². The molecule has 0 aromatic rings. The van der Waals surface area contributed by atoms with Crippen LogP contribution in [0, 0.1) is 0 Å². The van der Waals surface area contributed by atoms with Gasteiger partial charge < -0.3 is 125 Å².